The smallest absolute Gasteiger partial charge is 0.252 e. The molecule has 1 aromatic rings. The first kappa shape index (κ1) is 13.5. The molecule has 18 heavy (non-hydrogen) atoms. The first-order valence-electron chi connectivity index (χ1n) is 5.86. The molecule has 0 unspecified atom stereocenters. The van der Waals surface area contributed by atoms with Crippen LogP contribution < -0.4 is 10.5 Å². The highest BCUT2D eigenvalue weighted by molar-refractivity contribution is 7.91. The summed E-state index contributed by atoms with van der Waals surface area (Å²) in [6.07, 6.45) is 4.78. The van der Waals surface area contributed by atoms with E-state index in [0.29, 0.717) is 18.0 Å². The zero-order chi connectivity index (χ0) is 13.2. The summed E-state index contributed by atoms with van der Waals surface area (Å²) in [5, 5.41) is 9.35. The molecule has 1 amide bonds. The predicted octanol–water partition coefficient (Wildman–Crippen LogP) is 1.32. The molecule has 100 valence electrons. The molecular formula is C11H16N2O3S2. The minimum Gasteiger partial charge on any atom is -0.352 e. The van der Waals surface area contributed by atoms with Crippen molar-refractivity contribution in [2.45, 2.75) is 29.9 Å². The lowest BCUT2D eigenvalue weighted by Crippen LogP contribution is -2.28. The quantitative estimate of drug-likeness (QED) is 0.875. The monoisotopic (exact) mass is 288 g/mol. The SMILES string of the molecule is NS(=O)(=O)c1cc(C(=O)NCC2CCCC2)cs1. The number of sulfonamides is 1. The van der Waals surface area contributed by atoms with Gasteiger partial charge in [0.1, 0.15) is 4.21 Å². The summed E-state index contributed by atoms with van der Waals surface area (Å²) in [4.78, 5) is 11.8. The maximum absolute atomic E-state index is 11.8. The molecule has 0 atom stereocenters. The Morgan fingerprint density at radius 3 is 2.67 bits per heavy atom. The molecule has 1 fully saturated rings. The van der Waals surface area contributed by atoms with Crippen LogP contribution >= 0.6 is 11.3 Å². The summed E-state index contributed by atoms with van der Waals surface area (Å²) in [6, 6.07) is 1.32. The molecule has 0 saturated heterocycles. The molecule has 7 heteroatoms. The third-order valence-corrected chi connectivity index (χ3v) is 5.53. The van der Waals surface area contributed by atoms with Crippen molar-refractivity contribution in [1.82, 2.24) is 5.32 Å². The Balaban J connectivity index is 1.94. The van der Waals surface area contributed by atoms with E-state index in [2.05, 4.69) is 5.32 Å². The predicted molar refractivity (Wildman–Crippen MR) is 70.0 cm³/mol. The average Bonchev–Trinajstić information content (AvgIpc) is 2.96. The van der Waals surface area contributed by atoms with Gasteiger partial charge in [0.15, 0.2) is 0 Å². The van der Waals surface area contributed by atoms with Gasteiger partial charge in [0.25, 0.3) is 5.91 Å². The van der Waals surface area contributed by atoms with Gasteiger partial charge in [-0.1, -0.05) is 12.8 Å². The number of carbonyl (C=O) groups is 1. The fourth-order valence-electron chi connectivity index (χ4n) is 2.14. The van der Waals surface area contributed by atoms with Gasteiger partial charge in [-0.15, -0.1) is 11.3 Å². The van der Waals surface area contributed by atoms with Gasteiger partial charge < -0.3 is 5.32 Å². The lowest BCUT2D eigenvalue weighted by atomic mass is 10.1. The summed E-state index contributed by atoms with van der Waals surface area (Å²) in [5.74, 6) is 0.332. The lowest BCUT2D eigenvalue weighted by Gasteiger charge is -2.09. The van der Waals surface area contributed by atoms with Crippen LogP contribution in [0, 0.1) is 5.92 Å². The Morgan fingerprint density at radius 1 is 1.44 bits per heavy atom. The van der Waals surface area contributed by atoms with E-state index in [9.17, 15) is 13.2 Å². The number of nitrogens with two attached hydrogens (primary N) is 1. The van der Waals surface area contributed by atoms with Crippen LogP contribution in [0.2, 0.25) is 0 Å². The second-order valence-electron chi connectivity index (χ2n) is 4.56. The van der Waals surface area contributed by atoms with Gasteiger partial charge >= 0.3 is 0 Å². The normalized spacial score (nSPS) is 16.9. The number of carbonyl (C=O) groups excluding carboxylic acids is 1. The molecular weight excluding hydrogens is 272 g/mol. The van der Waals surface area contributed by atoms with Gasteiger partial charge in [-0.2, -0.15) is 0 Å². The second-order valence-corrected chi connectivity index (χ2v) is 7.26. The van der Waals surface area contributed by atoms with Crippen molar-refractivity contribution in [3.63, 3.8) is 0 Å². The molecule has 0 radical (unpaired) electrons. The van der Waals surface area contributed by atoms with Crippen LogP contribution in [0.5, 0.6) is 0 Å². The fraction of sp³-hybridized carbons (Fsp3) is 0.545. The van der Waals surface area contributed by atoms with E-state index in [4.69, 9.17) is 5.14 Å². The number of rotatable bonds is 4. The largest absolute Gasteiger partial charge is 0.352 e. The molecule has 5 nitrogen and oxygen atoms in total. The van der Waals surface area contributed by atoms with Crippen LogP contribution in [0.1, 0.15) is 36.0 Å². The Labute approximate surface area is 110 Å². The number of nitrogens with one attached hydrogen (secondary N) is 1. The van der Waals surface area contributed by atoms with Gasteiger partial charge in [0.05, 0.1) is 5.56 Å². The second kappa shape index (κ2) is 5.38. The first-order chi connectivity index (χ1) is 8.47. The van der Waals surface area contributed by atoms with E-state index in [1.165, 1.54) is 24.3 Å². The minimum atomic E-state index is -3.71. The van der Waals surface area contributed by atoms with Crippen molar-refractivity contribution in [2.24, 2.45) is 11.1 Å². The summed E-state index contributed by atoms with van der Waals surface area (Å²) < 4.78 is 22.2. The van der Waals surface area contributed by atoms with Crippen LogP contribution in [0.25, 0.3) is 0 Å². The summed E-state index contributed by atoms with van der Waals surface area (Å²) >= 11 is 0.969. The highest BCUT2D eigenvalue weighted by Gasteiger charge is 2.18. The van der Waals surface area contributed by atoms with Crippen LogP contribution in [-0.4, -0.2) is 20.9 Å². The summed E-state index contributed by atoms with van der Waals surface area (Å²) in [5.41, 5.74) is 0.363. The number of thiophene rings is 1. The standard InChI is InChI=1S/C11H16N2O3S2/c12-18(15,16)10-5-9(7-17-10)11(14)13-6-8-3-1-2-4-8/h5,7-8H,1-4,6H2,(H,13,14)(H2,12,15,16). The van der Waals surface area contributed by atoms with Crippen molar-refractivity contribution < 1.29 is 13.2 Å². The topological polar surface area (TPSA) is 89.3 Å². The number of hydrogen-bond donors (Lipinski definition) is 2. The molecule has 0 aromatic carbocycles. The van der Waals surface area contributed by atoms with Gasteiger partial charge in [-0.3, -0.25) is 4.79 Å². The van der Waals surface area contributed by atoms with Gasteiger partial charge in [-0.05, 0) is 24.8 Å². The first-order valence-corrected chi connectivity index (χ1v) is 8.29. The number of amides is 1. The Morgan fingerprint density at radius 2 is 2.11 bits per heavy atom. The van der Waals surface area contributed by atoms with Crippen molar-refractivity contribution in [3.8, 4) is 0 Å². The van der Waals surface area contributed by atoms with E-state index in [-0.39, 0.29) is 10.1 Å². The molecule has 2 rings (SSSR count). The Bertz CT molecular complexity index is 530. The lowest BCUT2D eigenvalue weighted by molar-refractivity contribution is 0.0947. The van der Waals surface area contributed by atoms with E-state index in [0.717, 1.165) is 24.2 Å². The summed E-state index contributed by atoms with van der Waals surface area (Å²) in [7, 11) is -3.71. The van der Waals surface area contributed by atoms with Gasteiger partial charge in [-0.25, -0.2) is 13.6 Å². The zero-order valence-corrected chi connectivity index (χ0v) is 11.5. The molecule has 1 aliphatic rings. The number of hydrogen-bond acceptors (Lipinski definition) is 4. The zero-order valence-electron chi connectivity index (χ0n) is 9.89. The molecule has 0 bridgehead atoms. The van der Waals surface area contributed by atoms with E-state index >= 15 is 0 Å². The molecule has 0 aliphatic heterocycles. The average molecular weight is 288 g/mol. The number of primary sulfonamides is 1. The molecule has 3 N–H and O–H groups in total. The molecule has 0 spiro atoms. The molecule has 1 saturated carbocycles. The Hall–Kier alpha value is -0.920. The molecule has 1 aliphatic carbocycles. The van der Waals surface area contributed by atoms with Crippen molar-refractivity contribution in [2.75, 3.05) is 6.54 Å². The maximum atomic E-state index is 11.8. The van der Waals surface area contributed by atoms with E-state index in [1.54, 1.807) is 0 Å². The Kier molecular flexibility index (Phi) is 4.04. The van der Waals surface area contributed by atoms with Crippen LogP contribution in [0.3, 0.4) is 0 Å². The minimum absolute atomic E-state index is 0.0218. The van der Waals surface area contributed by atoms with Gasteiger partial charge in [0, 0.05) is 11.9 Å². The van der Waals surface area contributed by atoms with Crippen LogP contribution in [-0.2, 0) is 10.0 Å². The van der Waals surface area contributed by atoms with Crippen molar-refractivity contribution in [1.29, 1.82) is 0 Å². The fourth-order valence-corrected chi connectivity index (χ4v) is 3.72. The van der Waals surface area contributed by atoms with E-state index in [1.807, 2.05) is 0 Å². The third kappa shape index (κ3) is 3.30. The third-order valence-electron chi connectivity index (χ3n) is 3.14. The van der Waals surface area contributed by atoms with Crippen molar-refractivity contribution >= 4 is 27.3 Å². The summed E-state index contributed by atoms with van der Waals surface area (Å²) in [6.45, 7) is 0.666. The van der Waals surface area contributed by atoms with E-state index < -0.39 is 10.0 Å². The van der Waals surface area contributed by atoms with Gasteiger partial charge in [0.2, 0.25) is 10.0 Å². The van der Waals surface area contributed by atoms with Crippen LogP contribution in [0.15, 0.2) is 15.7 Å². The maximum Gasteiger partial charge on any atom is 0.252 e. The van der Waals surface area contributed by atoms with Crippen molar-refractivity contribution in [3.05, 3.63) is 17.0 Å². The molecule has 1 heterocycles. The molecule has 1 aromatic heterocycles. The van der Waals surface area contributed by atoms with Crippen LogP contribution in [0.4, 0.5) is 0 Å². The highest BCUT2D eigenvalue weighted by atomic mass is 32.2. The highest BCUT2D eigenvalue weighted by Crippen LogP contribution is 2.24.